The molecule has 4 aliphatic rings. The number of nitrogens with zero attached hydrogens (tertiary/aromatic N) is 1. The summed E-state index contributed by atoms with van der Waals surface area (Å²) in [5, 5.41) is 19.9. The van der Waals surface area contributed by atoms with Crippen LogP contribution < -0.4 is 0 Å². The van der Waals surface area contributed by atoms with Gasteiger partial charge in [0.05, 0.1) is 23.7 Å². The molecular formula is C20H23NO3. The summed E-state index contributed by atoms with van der Waals surface area (Å²) in [5.74, 6) is 0.944. The molecule has 4 bridgehead atoms. The Balaban J connectivity index is 1.41. The van der Waals surface area contributed by atoms with Gasteiger partial charge in [0.2, 0.25) is 0 Å². The average molecular weight is 325 g/mol. The summed E-state index contributed by atoms with van der Waals surface area (Å²) in [6.45, 7) is 0.149. The molecule has 4 aliphatic carbocycles. The van der Waals surface area contributed by atoms with Gasteiger partial charge in [-0.1, -0.05) is 18.2 Å². The van der Waals surface area contributed by atoms with Gasteiger partial charge in [-0.15, -0.1) is 0 Å². The highest BCUT2D eigenvalue weighted by Crippen LogP contribution is 2.62. The number of esters is 1. The van der Waals surface area contributed by atoms with Crippen molar-refractivity contribution in [1.82, 2.24) is 0 Å². The van der Waals surface area contributed by atoms with Gasteiger partial charge in [0.15, 0.2) is 0 Å². The molecule has 0 saturated heterocycles. The molecule has 2 atom stereocenters. The SMILES string of the molecule is N#Cc1ccccc1COC(=O)CC12C[C@H]3C[C@@H](CC(O)(C3)C1)C2. The molecule has 1 aromatic carbocycles. The molecule has 4 heteroatoms. The zero-order valence-corrected chi connectivity index (χ0v) is 13.8. The Labute approximate surface area is 142 Å². The van der Waals surface area contributed by atoms with Crippen molar-refractivity contribution in [2.45, 2.75) is 57.2 Å². The minimum absolute atomic E-state index is 0.0648. The molecular weight excluding hydrogens is 302 g/mol. The van der Waals surface area contributed by atoms with Crippen LogP contribution in [0, 0.1) is 28.6 Å². The average Bonchev–Trinajstić information content (AvgIpc) is 2.50. The lowest BCUT2D eigenvalue weighted by atomic mass is 9.47. The fraction of sp³-hybridized carbons (Fsp3) is 0.600. The smallest absolute Gasteiger partial charge is 0.306 e. The molecule has 4 fully saturated rings. The summed E-state index contributed by atoms with van der Waals surface area (Å²) in [5.41, 5.74) is 0.689. The first-order valence-corrected chi connectivity index (χ1v) is 8.85. The minimum Gasteiger partial charge on any atom is -0.461 e. The number of benzene rings is 1. The van der Waals surface area contributed by atoms with Gasteiger partial charge in [0, 0.05) is 5.56 Å². The fourth-order valence-electron chi connectivity index (χ4n) is 5.88. The number of hydrogen-bond donors (Lipinski definition) is 1. The van der Waals surface area contributed by atoms with Gasteiger partial charge in [-0.2, -0.15) is 5.26 Å². The van der Waals surface area contributed by atoms with Crippen LogP contribution in [0.25, 0.3) is 0 Å². The molecule has 5 rings (SSSR count). The number of aliphatic hydroxyl groups is 1. The molecule has 1 aromatic rings. The summed E-state index contributed by atoms with van der Waals surface area (Å²) < 4.78 is 5.47. The van der Waals surface area contributed by atoms with Crippen LogP contribution in [0.15, 0.2) is 24.3 Å². The van der Waals surface area contributed by atoms with Crippen molar-refractivity contribution in [3.05, 3.63) is 35.4 Å². The van der Waals surface area contributed by atoms with Crippen LogP contribution in [0.3, 0.4) is 0 Å². The van der Waals surface area contributed by atoms with Crippen LogP contribution in [0.2, 0.25) is 0 Å². The van der Waals surface area contributed by atoms with E-state index in [1.165, 1.54) is 6.42 Å². The van der Waals surface area contributed by atoms with Crippen LogP contribution in [0.4, 0.5) is 0 Å². The zero-order valence-electron chi connectivity index (χ0n) is 13.8. The maximum atomic E-state index is 12.4. The first-order valence-electron chi connectivity index (χ1n) is 8.85. The topological polar surface area (TPSA) is 70.3 Å². The van der Waals surface area contributed by atoms with E-state index in [9.17, 15) is 9.90 Å². The summed E-state index contributed by atoms with van der Waals surface area (Å²) in [4.78, 5) is 12.4. The normalized spacial score (nSPS) is 36.3. The highest BCUT2D eigenvalue weighted by atomic mass is 16.5. The summed E-state index contributed by atoms with van der Waals surface area (Å²) in [6.07, 6.45) is 6.29. The standard InChI is InChI=1S/C20H23NO3/c21-11-16-3-1-2-4-17(16)12-24-18(22)10-19-6-14-5-15(7-19)9-20(23,8-14)13-19/h1-4,14-15,23H,5-10,12-13H2/t14-,15-,19?,20?/m1/s1. The number of carbonyl (C=O) groups excluding carboxylic acids is 1. The predicted molar refractivity (Wildman–Crippen MR) is 87.6 cm³/mol. The Morgan fingerprint density at radius 2 is 1.96 bits per heavy atom. The van der Waals surface area contributed by atoms with Crippen LogP contribution in [-0.2, 0) is 16.1 Å². The minimum atomic E-state index is -0.544. The molecule has 0 unspecified atom stereocenters. The largest absolute Gasteiger partial charge is 0.461 e. The highest BCUT2D eigenvalue weighted by molar-refractivity contribution is 5.70. The second-order valence-electron chi connectivity index (χ2n) is 8.29. The van der Waals surface area contributed by atoms with Gasteiger partial charge >= 0.3 is 5.97 Å². The van der Waals surface area contributed by atoms with Crippen LogP contribution in [0.1, 0.15) is 56.1 Å². The summed E-state index contributed by atoms with van der Waals surface area (Å²) in [7, 11) is 0. The second-order valence-corrected chi connectivity index (χ2v) is 8.29. The van der Waals surface area contributed by atoms with E-state index in [4.69, 9.17) is 10.00 Å². The number of ether oxygens (including phenoxy) is 1. The van der Waals surface area contributed by atoms with Gasteiger partial charge in [0.25, 0.3) is 0 Å². The molecule has 24 heavy (non-hydrogen) atoms. The van der Waals surface area contributed by atoms with E-state index in [1.807, 2.05) is 12.1 Å². The molecule has 0 radical (unpaired) electrons. The Hall–Kier alpha value is -1.86. The van der Waals surface area contributed by atoms with E-state index < -0.39 is 5.60 Å². The maximum absolute atomic E-state index is 12.4. The van der Waals surface area contributed by atoms with Crippen molar-refractivity contribution in [3.63, 3.8) is 0 Å². The van der Waals surface area contributed by atoms with Gasteiger partial charge in [0.1, 0.15) is 6.61 Å². The Morgan fingerprint density at radius 1 is 1.25 bits per heavy atom. The van der Waals surface area contributed by atoms with Gasteiger partial charge in [-0.25, -0.2) is 0 Å². The Bertz CT molecular complexity index is 691. The second kappa shape index (κ2) is 5.60. The first-order chi connectivity index (χ1) is 11.5. The number of rotatable bonds is 4. The van der Waals surface area contributed by atoms with Crippen LogP contribution in [-0.4, -0.2) is 16.7 Å². The molecule has 0 heterocycles. The Morgan fingerprint density at radius 3 is 2.62 bits per heavy atom. The van der Waals surface area contributed by atoms with Crippen LogP contribution in [0.5, 0.6) is 0 Å². The third-order valence-electron chi connectivity index (χ3n) is 6.20. The number of carbonyl (C=O) groups is 1. The van der Waals surface area contributed by atoms with Crippen molar-refractivity contribution >= 4 is 5.97 Å². The van der Waals surface area contributed by atoms with Gasteiger partial charge < -0.3 is 9.84 Å². The van der Waals surface area contributed by atoms with E-state index in [0.717, 1.165) is 37.7 Å². The first kappa shape index (κ1) is 15.7. The van der Waals surface area contributed by atoms with E-state index in [-0.39, 0.29) is 18.0 Å². The van der Waals surface area contributed by atoms with Crippen molar-refractivity contribution in [2.75, 3.05) is 0 Å². The lowest BCUT2D eigenvalue weighted by Crippen LogP contribution is -2.56. The number of hydrogen-bond acceptors (Lipinski definition) is 4. The molecule has 1 N–H and O–H groups in total. The molecule has 0 aromatic heterocycles. The molecule has 0 aliphatic heterocycles. The quantitative estimate of drug-likeness (QED) is 0.862. The summed E-state index contributed by atoms with van der Waals surface area (Å²) in [6, 6.07) is 9.33. The third kappa shape index (κ3) is 2.82. The fourth-order valence-corrected chi connectivity index (χ4v) is 5.88. The van der Waals surface area contributed by atoms with Gasteiger partial charge in [-0.05, 0) is 61.8 Å². The van der Waals surface area contributed by atoms with Crippen molar-refractivity contribution < 1.29 is 14.6 Å². The molecule has 0 amide bonds. The van der Waals surface area contributed by atoms with E-state index in [0.29, 0.717) is 23.8 Å². The lowest BCUT2D eigenvalue weighted by molar-refractivity contribution is -0.177. The molecule has 126 valence electrons. The van der Waals surface area contributed by atoms with Crippen molar-refractivity contribution in [1.29, 1.82) is 5.26 Å². The third-order valence-corrected chi connectivity index (χ3v) is 6.20. The molecule has 4 saturated carbocycles. The predicted octanol–water partition coefficient (Wildman–Crippen LogP) is 3.32. The van der Waals surface area contributed by atoms with Gasteiger partial charge in [-0.3, -0.25) is 4.79 Å². The molecule has 4 nitrogen and oxygen atoms in total. The highest BCUT2D eigenvalue weighted by Gasteiger charge is 2.57. The van der Waals surface area contributed by atoms with Crippen LogP contribution >= 0.6 is 0 Å². The maximum Gasteiger partial charge on any atom is 0.306 e. The van der Waals surface area contributed by atoms with E-state index >= 15 is 0 Å². The molecule has 0 spiro atoms. The van der Waals surface area contributed by atoms with Crippen molar-refractivity contribution in [2.24, 2.45) is 17.3 Å². The Kier molecular flexibility index (Phi) is 3.65. The monoisotopic (exact) mass is 325 g/mol. The number of nitriles is 1. The van der Waals surface area contributed by atoms with E-state index in [2.05, 4.69) is 6.07 Å². The van der Waals surface area contributed by atoms with Crippen molar-refractivity contribution in [3.8, 4) is 6.07 Å². The lowest BCUT2D eigenvalue weighted by Gasteiger charge is -2.60. The van der Waals surface area contributed by atoms with E-state index in [1.54, 1.807) is 12.1 Å². The zero-order chi connectivity index (χ0) is 16.8. The summed E-state index contributed by atoms with van der Waals surface area (Å²) >= 11 is 0.